The number of benzene rings is 2. The van der Waals surface area contributed by atoms with Gasteiger partial charge in [0.05, 0.1) is 24.2 Å². The van der Waals surface area contributed by atoms with Gasteiger partial charge >= 0.3 is 5.97 Å². The third kappa shape index (κ3) is 3.47. The van der Waals surface area contributed by atoms with E-state index in [1.54, 1.807) is 11.8 Å². The molecular weight excluding hydrogens is 328 g/mol. The van der Waals surface area contributed by atoms with Crippen molar-refractivity contribution in [1.82, 2.24) is 9.78 Å². The number of ether oxygens (including phenoxy) is 2. The molecule has 134 valence electrons. The number of carbonyl (C=O) groups is 1. The van der Waals surface area contributed by atoms with Gasteiger partial charge in [0.15, 0.2) is 0 Å². The largest absolute Gasteiger partial charge is 0.496 e. The number of carbonyl (C=O) groups excluding carboxylic acids is 1. The first-order valence-corrected chi connectivity index (χ1v) is 8.43. The van der Waals surface area contributed by atoms with Crippen LogP contribution in [-0.4, -0.2) is 22.9 Å². The minimum Gasteiger partial charge on any atom is -0.496 e. The van der Waals surface area contributed by atoms with E-state index in [0.717, 1.165) is 22.5 Å². The molecule has 0 N–H and O–H groups in total. The molecule has 5 heteroatoms. The van der Waals surface area contributed by atoms with Crippen molar-refractivity contribution in [2.75, 3.05) is 7.11 Å². The van der Waals surface area contributed by atoms with E-state index >= 15 is 0 Å². The van der Waals surface area contributed by atoms with Gasteiger partial charge in [0.1, 0.15) is 17.9 Å². The number of esters is 1. The van der Waals surface area contributed by atoms with E-state index in [0.29, 0.717) is 17.0 Å². The molecule has 0 spiro atoms. The molecule has 0 amide bonds. The van der Waals surface area contributed by atoms with Gasteiger partial charge in [-0.25, -0.2) is 9.48 Å². The van der Waals surface area contributed by atoms with Crippen LogP contribution in [0.1, 0.15) is 32.9 Å². The number of hydrogen-bond acceptors (Lipinski definition) is 4. The second-order valence-electron chi connectivity index (χ2n) is 6.18. The standard InChI is InChI=1S/C21H22N2O3/c1-14-10-11-19(25-4)17(12-14)13-26-21(24)20-15(2)22-23(16(20)3)18-8-6-5-7-9-18/h5-12H,13H2,1-4H3. The highest BCUT2D eigenvalue weighted by molar-refractivity contribution is 5.92. The zero-order valence-electron chi connectivity index (χ0n) is 15.4. The molecular formula is C21H22N2O3. The molecule has 0 atom stereocenters. The van der Waals surface area contributed by atoms with Crippen LogP contribution in [0.5, 0.6) is 5.75 Å². The molecule has 1 aromatic heterocycles. The van der Waals surface area contributed by atoms with Gasteiger partial charge in [0.2, 0.25) is 0 Å². The Balaban J connectivity index is 1.83. The highest BCUT2D eigenvalue weighted by Gasteiger charge is 2.21. The van der Waals surface area contributed by atoms with Crippen LogP contribution in [0.2, 0.25) is 0 Å². The summed E-state index contributed by atoms with van der Waals surface area (Å²) in [6.45, 7) is 5.83. The van der Waals surface area contributed by atoms with Crippen molar-refractivity contribution in [2.24, 2.45) is 0 Å². The Morgan fingerprint density at radius 3 is 2.50 bits per heavy atom. The Bertz CT molecular complexity index is 930. The lowest BCUT2D eigenvalue weighted by atomic mass is 10.1. The van der Waals surface area contributed by atoms with Crippen molar-refractivity contribution in [1.29, 1.82) is 0 Å². The molecule has 0 bridgehead atoms. The fourth-order valence-electron chi connectivity index (χ4n) is 2.99. The molecule has 5 nitrogen and oxygen atoms in total. The number of para-hydroxylation sites is 1. The Kier molecular flexibility index (Phi) is 5.07. The SMILES string of the molecule is COc1ccc(C)cc1COC(=O)c1c(C)nn(-c2ccccc2)c1C. The molecule has 0 saturated carbocycles. The summed E-state index contributed by atoms with van der Waals surface area (Å²) in [5.74, 6) is 0.322. The monoisotopic (exact) mass is 350 g/mol. The van der Waals surface area contributed by atoms with Crippen LogP contribution in [-0.2, 0) is 11.3 Å². The summed E-state index contributed by atoms with van der Waals surface area (Å²) in [6.07, 6.45) is 0. The summed E-state index contributed by atoms with van der Waals surface area (Å²) < 4.78 is 12.7. The number of nitrogens with zero attached hydrogens (tertiary/aromatic N) is 2. The maximum absolute atomic E-state index is 12.7. The Morgan fingerprint density at radius 2 is 1.81 bits per heavy atom. The van der Waals surface area contributed by atoms with Gasteiger partial charge in [-0.15, -0.1) is 0 Å². The highest BCUT2D eigenvalue weighted by Crippen LogP contribution is 2.23. The molecule has 26 heavy (non-hydrogen) atoms. The molecule has 0 fully saturated rings. The van der Waals surface area contributed by atoms with Crippen LogP contribution in [0.15, 0.2) is 48.5 Å². The van der Waals surface area contributed by atoms with Crippen molar-refractivity contribution < 1.29 is 14.3 Å². The first kappa shape index (κ1) is 17.7. The third-order valence-corrected chi connectivity index (χ3v) is 4.29. The Hall–Kier alpha value is -3.08. The first-order chi connectivity index (χ1) is 12.5. The van der Waals surface area contributed by atoms with Crippen molar-refractivity contribution in [3.8, 4) is 11.4 Å². The van der Waals surface area contributed by atoms with E-state index in [1.165, 1.54) is 0 Å². The third-order valence-electron chi connectivity index (χ3n) is 4.29. The molecule has 2 aromatic carbocycles. The zero-order chi connectivity index (χ0) is 18.7. The van der Waals surface area contributed by atoms with E-state index in [-0.39, 0.29) is 12.6 Å². The molecule has 1 heterocycles. The average molecular weight is 350 g/mol. The molecule has 0 saturated heterocycles. The normalized spacial score (nSPS) is 10.6. The minimum atomic E-state index is -0.384. The Morgan fingerprint density at radius 1 is 1.08 bits per heavy atom. The van der Waals surface area contributed by atoms with Crippen molar-refractivity contribution >= 4 is 5.97 Å². The Labute approximate surface area is 153 Å². The first-order valence-electron chi connectivity index (χ1n) is 8.43. The van der Waals surface area contributed by atoms with Crippen LogP contribution in [0.4, 0.5) is 0 Å². The lowest BCUT2D eigenvalue weighted by Crippen LogP contribution is -2.09. The predicted molar refractivity (Wildman–Crippen MR) is 99.9 cm³/mol. The van der Waals surface area contributed by atoms with Crippen LogP contribution in [0, 0.1) is 20.8 Å². The van der Waals surface area contributed by atoms with Gasteiger partial charge in [-0.05, 0) is 45.0 Å². The molecule has 0 unspecified atom stereocenters. The summed E-state index contributed by atoms with van der Waals surface area (Å²) in [4.78, 5) is 12.7. The van der Waals surface area contributed by atoms with Gasteiger partial charge < -0.3 is 9.47 Å². The average Bonchev–Trinajstić information content (AvgIpc) is 2.95. The van der Waals surface area contributed by atoms with Gasteiger partial charge in [0.25, 0.3) is 0 Å². The summed E-state index contributed by atoms with van der Waals surface area (Å²) in [5.41, 5.74) is 4.74. The smallest absolute Gasteiger partial charge is 0.342 e. The number of methoxy groups -OCH3 is 1. The second kappa shape index (κ2) is 7.44. The van der Waals surface area contributed by atoms with E-state index in [2.05, 4.69) is 5.10 Å². The fourth-order valence-corrected chi connectivity index (χ4v) is 2.99. The predicted octanol–water partition coefficient (Wildman–Crippen LogP) is 4.16. The topological polar surface area (TPSA) is 53.4 Å². The fraction of sp³-hybridized carbons (Fsp3) is 0.238. The number of aromatic nitrogens is 2. The summed E-state index contributed by atoms with van der Waals surface area (Å²) in [5, 5.41) is 4.50. The zero-order valence-corrected chi connectivity index (χ0v) is 15.4. The summed E-state index contributed by atoms with van der Waals surface area (Å²) in [6, 6.07) is 15.5. The summed E-state index contributed by atoms with van der Waals surface area (Å²) in [7, 11) is 1.61. The highest BCUT2D eigenvalue weighted by atomic mass is 16.5. The number of hydrogen-bond donors (Lipinski definition) is 0. The van der Waals surface area contributed by atoms with E-state index in [4.69, 9.17) is 9.47 Å². The van der Waals surface area contributed by atoms with Gasteiger partial charge in [-0.1, -0.05) is 29.8 Å². The lowest BCUT2D eigenvalue weighted by molar-refractivity contribution is 0.0468. The second-order valence-corrected chi connectivity index (χ2v) is 6.18. The van der Waals surface area contributed by atoms with Gasteiger partial charge in [0, 0.05) is 5.56 Å². The van der Waals surface area contributed by atoms with Crippen LogP contribution >= 0.6 is 0 Å². The molecule has 3 aromatic rings. The van der Waals surface area contributed by atoms with Crippen LogP contribution in [0.3, 0.4) is 0 Å². The molecule has 0 radical (unpaired) electrons. The van der Waals surface area contributed by atoms with E-state index in [9.17, 15) is 4.79 Å². The van der Waals surface area contributed by atoms with Gasteiger partial charge in [-0.2, -0.15) is 5.10 Å². The van der Waals surface area contributed by atoms with Crippen LogP contribution < -0.4 is 4.74 Å². The number of aryl methyl sites for hydroxylation is 2. The minimum absolute atomic E-state index is 0.152. The quantitative estimate of drug-likeness (QED) is 0.648. The molecule has 3 rings (SSSR count). The summed E-state index contributed by atoms with van der Waals surface area (Å²) >= 11 is 0. The molecule has 0 aliphatic carbocycles. The van der Waals surface area contributed by atoms with Crippen LogP contribution in [0.25, 0.3) is 5.69 Å². The van der Waals surface area contributed by atoms with Crippen molar-refractivity contribution in [3.05, 3.63) is 76.6 Å². The number of rotatable bonds is 5. The van der Waals surface area contributed by atoms with Crippen molar-refractivity contribution in [2.45, 2.75) is 27.4 Å². The maximum atomic E-state index is 12.7. The lowest BCUT2D eigenvalue weighted by Gasteiger charge is -2.10. The van der Waals surface area contributed by atoms with Gasteiger partial charge in [-0.3, -0.25) is 0 Å². The van der Waals surface area contributed by atoms with E-state index < -0.39 is 0 Å². The molecule has 0 aliphatic rings. The van der Waals surface area contributed by atoms with E-state index in [1.807, 2.05) is 69.3 Å². The molecule has 0 aliphatic heterocycles. The maximum Gasteiger partial charge on any atom is 0.342 e. The van der Waals surface area contributed by atoms with Crippen molar-refractivity contribution in [3.63, 3.8) is 0 Å².